The summed E-state index contributed by atoms with van der Waals surface area (Å²) in [5, 5.41) is 2.82. The molecule has 0 saturated carbocycles. The predicted octanol–water partition coefficient (Wildman–Crippen LogP) is 0.956. The van der Waals surface area contributed by atoms with Crippen LogP contribution in [0.1, 0.15) is 18.9 Å². The molecule has 1 aromatic rings. The zero-order chi connectivity index (χ0) is 14.8. The second-order valence-electron chi connectivity index (χ2n) is 4.51. The van der Waals surface area contributed by atoms with Crippen LogP contribution in [-0.2, 0) is 4.79 Å². The number of amides is 1. The first-order valence-electron chi connectivity index (χ1n) is 6.67. The molecule has 0 atom stereocenters. The first-order chi connectivity index (χ1) is 9.61. The van der Waals surface area contributed by atoms with Gasteiger partial charge in [-0.3, -0.25) is 4.79 Å². The molecular formula is C14H22N4O2. The van der Waals surface area contributed by atoms with E-state index in [1.54, 1.807) is 18.5 Å². The highest BCUT2D eigenvalue weighted by Gasteiger charge is 1.97. The van der Waals surface area contributed by atoms with Crippen LogP contribution in [0.5, 0.6) is 6.01 Å². The van der Waals surface area contributed by atoms with E-state index in [0.29, 0.717) is 19.2 Å². The summed E-state index contributed by atoms with van der Waals surface area (Å²) >= 11 is 0. The third-order valence-electron chi connectivity index (χ3n) is 2.43. The molecule has 0 aliphatic carbocycles. The Hall–Kier alpha value is -1.95. The van der Waals surface area contributed by atoms with Crippen LogP contribution in [-0.4, -0.2) is 54.6 Å². The molecule has 0 spiro atoms. The number of carbonyl (C=O) groups excluding carboxylic acids is 1. The minimum absolute atomic E-state index is 0.113. The summed E-state index contributed by atoms with van der Waals surface area (Å²) in [5.74, 6) is -0.113. The Balaban J connectivity index is 2.33. The van der Waals surface area contributed by atoms with Crippen LogP contribution in [0.15, 0.2) is 18.5 Å². The maximum Gasteiger partial charge on any atom is 0.316 e. The number of nitrogens with zero attached hydrogens (tertiary/aromatic N) is 3. The van der Waals surface area contributed by atoms with E-state index < -0.39 is 0 Å². The van der Waals surface area contributed by atoms with E-state index in [2.05, 4.69) is 20.2 Å². The number of aromatic nitrogens is 2. The van der Waals surface area contributed by atoms with Gasteiger partial charge in [0.25, 0.3) is 0 Å². The summed E-state index contributed by atoms with van der Waals surface area (Å²) < 4.78 is 5.14. The van der Waals surface area contributed by atoms with Crippen LogP contribution < -0.4 is 10.1 Å². The molecule has 1 aromatic heterocycles. The summed E-state index contributed by atoms with van der Waals surface area (Å²) in [6, 6.07) is 0.345. The SMILES string of the molecule is CCOc1ncc(/C=C/C(=O)NCCCN(C)C)cn1. The van der Waals surface area contributed by atoms with Gasteiger partial charge in [-0.25, -0.2) is 9.97 Å². The van der Waals surface area contributed by atoms with Crippen molar-refractivity contribution in [2.45, 2.75) is 13.3 Å². The van der Waals surface area contributed by atoms with Gasteiger partial charge in [-0.1, -0.05) is 0 Å². The van der Waals surface area contributed by atoms with Crippen LogP contribution in [0.25, 0.3) is 6.08 Å². The fourth-order valence-electron chi connectivity index (χ4n) is 1.45. The molecule has 1 amide bonds. The second-order valence-corrected chi connectivity index (χ2v) is 4.51. The molecule has 0 radical (unpaired) electrons. The normalized spacial score (nSPS) is 11.0. The molecule has 0 saturated heterocycles. The molecule has 1 heterocycles. The van der Waals surface area contributed by atoms with Crippen molar-refractivity contribution in [3.8, 4) is 6.01 Å². The molecule has 0 aliphatic heterocycles. The molecule has 1 N–H and O–H groups in total. The molecule has 0 bridgehead atoms. The third-order valence-corrected chi connectivity index (χ3v) is 2.43. The van der Waals surface area contributed by atoms with Gasteiger partial charge in [0.15, 0.2) is 0 Å². The molecule has 0 aliphatic rings. The van der Waals surface area contributed by atoms with Gasteiger partial charge in [-0.2, -0.15) is 0 Å². The molecule has 1 rings (SSSR count). The lowest BCUT2D eigenvalue weighted by Gasteiger charge is -2.08. The Morgan fingerprint density at radius 2 is 2.10 bits per heavy atom. The zero-order valence-corrected chi connectivity index (χ0v) is 12.3. The highest BCUT2D eigenvalue weighted by atomic mass is 16.5. The van der Waals surface area contributed by atoms with Crippen LogP contribution in [0.3, 0.4) is 0 Å². The smallest absolute Gasteiger partial charge is 0.316 e. The van der Waals surface area contributed by atoms with Crippen molar-refractivity contribution < 1.29 is 9.53 Å². The van der Waals surface area contributed by atoms with Crippen LogP contribution in [0.4, 0.5) is 0 Å². The number of nitrogens with one attached hydrogen (secondary N) is 1. The Kier molecular flexibility index (Phi) is 7.27. The maximum atomic E-state index is 11.6. The topological polar surface area (TPSA) is 67.3 Å². The van der Waals surface area contributed by atoms with Crippen LogP contribution >= 0.6 is 0 Å². The van der Waals surface area contributed by atoms with Gasteiger partial charge in [-0.05, 0) is 40.1 Å². The number of carbonyl (C=O) groups is 1. The van der Waals surface area contributed by atoms with Gasteiger partial charge >= 0.3 is 6.01 Å². The van der Waals surface area contributed by atoms with Crippen molar-refractivity contribution in [1.82, 2.24) is 20.2 Å². The number of ether oxygens (including phenoxy) is 1. The van der Waals surface area contributed by atoms with E-state index in [-0.39, 0.29) is 5.91 Å². The van der Waals surface area contributed by atoms with Gasteiger partial charge in [0.05, 0.1) is 6.61 Å². The lowest BCUT2D eigenvalue weighted by atomic mass is 10.3. The van der Waals surface area contributed by atoms with Crippen molar-refractivity contribution in [2.75, 3.05) is 33.8 Å². The van der Waals surface area contributed by atoms with Crippen molar-refractivity contribution in [2.24, 2.45) is 0 Å². The molecule has 110 valence electrons. The quantitative estimate of drug-likeness (QED) is 0.566. The van der Waals surface area contributed by atoms with Crippen LogP contribution in [0, 0.1) is 0 Å². The van der Waals surface area contributed by atoms with Crippen molar-refractivity contribution >= 4 is 12.0 Å². The van der Waals surface area contributed by atoms with Crippen molar-refractivity contribution in [1.29, 1.82) is 0 Å². The Bertz CT molecular complexity index is 429. The third kappa shape index (κ3) is 6.84. The molecule has 0 fully saturated rings. The summed E-state index contributed by atoms with van der Waals surface area (Å²) in [7, 11) is 4.02. The second kappa shape index (κ2) is 9.03. The van der Waals surface area contributed by atoms with Gasteiger partial charge in [-0.15, -0.1) is 0 Å². The first kappa shape index (κ1) is 16.1. The molecule has 0 aromatic carbocycles. The van der Waals surface area contributed by atoms with Gasteiger partial charge in [0.2, 0.25) is 5.91 Å². The minimum Gasteiger partial charge on any atom is -0.464 e. The fourth-order valence-corrected chi connectivity index (χ4v) is 1.45. The molecule has 0 unspecified atom stereocenters. The summed E-state index contributed by atoms with van der Waals surface area (Å²) in [5.41, 5.74) is 0.761. The summed E-state index contributed by atoms with van der Waals surface area (Å²) in [4.78, 5) is 21.7. The summed E-state index contributed by atoms with van der Waals surface area (Å²) in [6.45, 7) is 4.03. The van der Waals surface area contributed by atoms with E-state index in [9.17, 15) is 4.79 Å². The van der Waals surface area contributed by atoms with E-state index in [1.807, 2.05) is 21.0 Å². The molecule has 6 heteroatoms. The lowest BCUT2D eigenvalue weighted by molar-refractivity contribution is -0.116. The Labute approximate surface area is 119 Å². The van der Waals surface area contributed by atoms with Gasteiger partial charge in [0.1, 0.15) is 0 Å². The maximum absolute atomic E-state index is 11.6. The average molecular weight is 278 g/mol. The highest BCUT2D eigenvalue weighted by molar-refractivity contribution is 5.91. The standard InChI is InChI=1S/C14H22N4O2/c1-4-20-14-16-10-12(11-17-14)6-7-13(19)15-8-5-9-18(2)3/h6-7,10-11H,4-5,8-9H2,1-3H3,(H,15,19)/b7-6+. The lowest BCUT2D eigenvalue weighted by Crippen LogP contribution is -2.25. The molecule has 20 heavy (non-hydrogen) atoms. The highest BCUT2D eigenvalue weighted by Crippen LogP contribution is 2.03. The largest absolute Gasteiger partial charge is 0.464 e. The van der Waals surface area contributed by atoms with E-state index in [0.717, 1.165) is 18.5 Å². The van der Waals surface area contributed by atoms with E-state index in [4.69, 9.17) is 4.74 Å². The van der Waals surface area contributed by atoms with E-state index in [1.165, 1.54) is 6.08 Å². The van der Waals surface area contributed by atoms with E-state index >= 15 is 0 Å². The first-order valence-corrected chi connectivity index (χ1v) is 6.67. The van der Waals surface area contributed by atoms with Gasteiger partial charge < -0.3 is 15.0 Å². The monoisotopic (exact) mass is 278 g/mol. The summed E-state index contributed by atoms with van der Waals surface area (Å²) in [6.07, 6.45) is 7.33. The number of rotatable bonds is 8. The molecular weight excluding hydrogens is 256 g/mol. The fraction of sp³-hybridized carbons (Fsp3) is 0.500. The van der Waals surface area contributed by atoms with Crippen molar-refractivity contribution in [3.05, 3.63) is 24.0 Å². The van der Waals surface area contributed by atoms with Crippen LogP contribution in [0.2, 0.25) is 0 Å². The molecule has 6 nitrogen and oxygen atoms in total. The predicted molar refractivity (Wildman–Crippen MR) is 78.4 cm³/mol. The number of hydrogen-bond acceptors (Lipinski definition) is 5. The zero-order valence-electron chi connectivity index (χ0n) is 12.3. The average Bonchev–Trinajstić information content (AvgIpc) is 2.43. The van der Waals surface area contributed by atoms with Crippen molar-refractivity contribution in [3.63, 3.8) is 0 Å². The Morgan fingerprint density at radius 1 is 1.40 bits per heavy atom. The Morgan fingerprint density at radius 3 is 2.70 bits per heavy atom. The minimum atomic E-state index is -0.113. The number of hydrogen-bond donors (Lipinski definition) is 1. The van der Waals surface area contributed by atoms with Gasteiger partial charge in [0, 0.05) is 30.6 Å².